The van der Waals surface area contributed by atoms with Crippen LogP contribution < -0.4 is 14.4 Å². The normalized spacial score (nSPS) is 12.4. The van der Waals surface area contributed by atoms with Crippen LogP contribution in [0.4, 0.5) is 11.4 Å². The molecule has 1 unspecified atom stereocenters. The van der Waals surface area contributed by atoms with Gasteiger partial charge in [0.05, 0.1) is 18.6 Å². The van der Waals surface area contributed by atoms with Crippen molar-refractivity contribution in [3.05, 3.63) is 66.7 Å². The fourth-order valence-electron chi connectivity index (χ4n) is 3.47. The molecule has 6 nitrogen and oxygen atoms in total. The predicted molar refractivity (Wildman–Crippen MR) is 122 cm³/mol. The number of carbonyl (C=O) groups excluding carboxylic acids is 1. The molecule has 158 valence electrons. The van der Waals surface area contributed by atoms with Crippen LogP contribution in [-0.2, 0) is 14.8 Å². The minimum absolute atomic E-state index is 0.316. The van der Waals surface area contributed by atoms with Crippen molar-refractivity contribution >= 4 is 38.1 Å². The van der Waals surface area contributed by atoms with Crippen molar-refractivity contribution in [2.75, 3.05) is 22.5 Å². The van der Waals surface area contributed by atoms with Crippen LogP contribution in [0.15, 0.2) is 66.7 Å². The van der Waals surface area contributed by atoms with Crippen LogP contribution in [0.2, 0.25) is 0 Å². The van der Waals surface area contributed by atoms with E-state index in [9.17, 15) is 13.2 Å². The Hall–Kier alpha value is -3.06. The maximum atomic E-state index is 13.2. The summed E-state index contributed by atoms with van der Waals surface area (Å²) in [5.74, 6) is 0.260. The molecule has 0 aliphatic heterocycles. The van der Waals surface area contributed by atoms with Crippen molar-refractivity contribution in [3.63, 3.8) is 0 Å². The Morgan fingerprint density at radius 1 is 1.00 bits per heavy atom. The molecular formula is C23H26N2O4S. The molecule has 0 bridgehead atoms. The molecule has 0 spiro atoms. The van der Waals surface area contributed by atoms with Crippen molar-refractivity contribution in [1.29, 1.82) is 0 Å². The number of sulfonamides is 1. The van der Waals surface area contributed by atoms with E-state index in [1.54, 1.807) is 31.2 Å². The van der Waals surface area contributed by atoms with Gasteiger partial charge in [-0.1, -0.05) is 43.3 Å². The largest absolute Gasteiger partial charge is 0.494 e. The van der Waals surface area contributed by atoms with Gasteiger partial charge in [-0.15, -0.1) is 0 Å². The second kappa shape index (κ2) is 9.17. The molecule has 3 aromatic rings. The Bertz CT molecular complexity index is 1120. The Morgan fingerprint density at radius 2 is 1.67 bits per heavy atom. The van der Waals surface area contributed by atoms with E-state index in [4.69, 9.17) is 4.74 Å². The van der Waals surface area contributed by atoms with Gasteiger partial charge in [0.2, 0.25) is 15.9 Å². The van der Waals surface area contributed by atoms with E-state index in [0.717, 1.165) is 17.0 Å². The number of anilines is 2. The fourth-order valence-corrected chi connectivity index (χ4v) is 4.68. The van der Waals surface area contributed by atoms with Gasteiger partial charge in [0, 0.05) is 11.1 Å². The summed E-state index contributed by atoms with van der Waals surface area (Å²) < 4.78 is 31.9. The van der Waals surface area contributed by atoms with Gasteiger partial charge in [0.25, 0.3) is 0 Å². The average Bonchev–Trinajstić information content (AvgIpc) is 2.72. The lowest BCUT2D eigenvalue weighted by atomic mass is 10.1. The second-order valence-electron chi connectivity index (χ2n) is 6.93. The summed E-state index contributed by atoms with van der Waals surface area (Å²) in [7, 11) is -3.70. The first kappa shape index (κ1) is 21.6. The van der Waals surface area contributed by atoms with Crippen molar-refractivity contribution in [2.45, 2.75) is 26.3 Å². The number of hydrogen-bond donors (Lipinski definition) is 1. The molecule has 0 heterocycles. The number of nitrogens with one attached hydrogen (secondary N) is 1. The van der Waals surface area contributed by atoms with E-state index in [0.29, 0.717) is 30.2 Å². The van der Waals surface area contributed by atoms with Crippen molar-refractivity contribution in [2.24, 2.45) is 0 Å². The molecule has 0 saturated carbocycles. The lowest BCUT2D eigenvalue weighted by Gasteiger charge is -2.30. The van der Waals surface area contributed by atoms with Crippen LogP contribution in [0.3, 0.4) is 0 Å². The van der Waals surface area contributed by atoms with Gasteiger partial charge in [-0.25, -0.2) is 8.42 Å². The highest BCUT2D eigenvalue weighted by atomic mass is 32.2. The van der Waals surface area contributed by atoms with Crippen molar-refractivity contribution < 1.29 is 17.9 Å². The van der Waals surface area contributed by atoms with Crippen LogP contribution >= 0.6 is 0 Å². The van der Waals surface area contributed by atoms with Crippen molar-refractivity contribution in [3.8, 4) is 5.75 Å². The molecule has 7 heteroatoms. The van der Waals surface area contributed by atoms with Crippen LogP contribution in [0.5, 0.6) is 5.75 Å². The molecule has 30 heavy (non-hydrogen) atoms. The van der Waals surface area contributed by atoms with Crippen LogP contribution in [0.25, 0.3) is 10.8 Å². The lowest BCUT2D eigenvalue weighted by Crippen LogP contribution is -2.47. The van der Waals surface area contributed by atoms with E-state index in [-0.39, 0.29) is 5.91 Å². The Kier molecular flexibility index (Phi) is 6.62. The summed E-state index contributed by atoms with van der Waals surface area (Å²) in [5, 5.41) is 4.81. The third kappa shape index (κ3) is 4.74. The second-order valence-corrected chi connectivity index (χ2v) is 8.79. The Labute approximate surface area is 177 Å². The van der Waals surface area contributed by atoms with E-state index in [2.05, 4.69) is 5.32 Å². The maximum absolute atomic E-state index is 13.2. The molecule has 3 rings (SSSR count). The molecule has 0 radical (unpaired) electrons. The molecule has 0 saturated heterocycles. The quantitative estimate of drug-likeness (QED) is 0.578. The lowest BCUT2D eigenvalue weighted by molar-refractivity contribution is -0.117. The minimum atomic E-state index is -3.70. The summed E-state index contributed by atoms with van der Waals surface area (Å²) in [5.41, 5.74) is 1.07. The third-order valence-electron chi connectivity index (χ3n) is 4.78. The number of rotatable bonds is 8. The highest BCUT2D eigenvalue weighted by Gasteiger charge is 2.31. The third-order valence-corrected chi connectivity index (χ3v) is 5.96. The van der Waals surface area contributed by atoms with E-state index in [1.165, 1.54) is 4.31 Å². The SMILES string of the molecule is CCOc1ccc(N(C(CC)C(=O)Nc2cccc3ccccc23)S(C)(=O)=O)cc1. The van der Waals surface area contributed by atoms with Gasteiger partial charge in [-0.05, 0) is 49.1 Å². The van der Waals surface area contributed by atoms with E-state index in [1.807, 2.05) is 49.4 Å². The Balaban J connectivity index is 1.94. The molecule has 1 atom stereocenters. The zero-order valence-corrected chi connectivity index (χ0v) is 18.1. The van der Waals surface area contributed by atoms with Crippen molar-refractivity contribution in [1.82, 2.24) is 0 Å². The van der Waals surface area contributed by atoms with Gasteiger partial charge in [-0.2, -0.15) is 0 Å². The number of ether oxygens (including phenoxy) is 1. The fraction of sp³-hybridized carbons (Fsp3) is 0.261. The van der Waals surface area contributed by atoms with Gasteiger partial charge in [-0.3, -0.25) is 9.10 Å². The highest BCUT2D eigenvalue weighted by Crippen LogP contribution is 2.27. The number of carbonyl (C=O) groups is 1. The summed E-state index contributed by atoms with van der Waals surface area (Å²) in [4.78, 5) is 13.2. The monoisotopic (exact) mass is 426 g/mol. The first-order chi connectivity index (χ1) is 14.3. The standard InChI is InChI=1S/C23H26N2O4S/c1-4-22(23(26)24-21-12-8-10-17-9-6-7-11-20(17)21)25(30(3,27)28)18-13-15-19(16-14-18)29-5-2/h6-16,22H,4-5H2,1-3H3,(H,24,26). The molecular weight excluding hydrogens is 400 g/mol. The topological polar surface area (TPSA) is 75.7 Å². The average molecular weight is 427 g/mol. The molecule has 1 amide bonds. The number of amides is 1. The predicted octanol–water partition coefficient (Wildman–Crippen LogP) is 4.42. The van der Waals surface area contributed by atoms with Crippen LogP contribution in [-0.4, -0.2) is 33.2 Å². The summed E-state index contributed by atoms with van der Waals surface area (Å²) in [6, 6.07) is 19.2. The molecule has 0 fully saturated rings. The number of fused-ring (bicyclic) bond motifs is 1. The van der Waals surface area contributed by atoms with Crippen LogP contribution in [0.1, 0.15) is 20.3 Å². The first-order valence-corrected chi connectivity index (χ1v) is 11.7. The summed E-state index contributed by atoms with van der Waals surface area (Å²) >= 11 is 0. The van der Waals surface area contributed by atoms with E-state index < -0.39 is 16.1 Å². The van der Waals surface area contributed by atoms with Gasteiger partial charge in [0.1, 0.15) is 11.8 Å². The number of nitrogens with zero attached hydrogens (tertiary/aromatic N) is 1. The molecule has 0 aliphatic rings. The zero-order valence-electron chi connectivity index (χ0n) is 17.3. The Morgan fingerprint density at radius 3 is 2.30 bits per heavy atom. The molecule has 0 aromatic heterocycles. The first-order valence-electron chi connectivity index (χ1n) is 9.86. The molecule has 3 aromatic carbocycles. The molecule has 0 aliphatic carbocycles. The van der Waals surface area contributed by atoms with Crippen LogP contribution in [0, 0.1) is 0 Å². The molecule has 1 N–H and O–H groups in total. The maximum Gasteiger partial charge on any atom is 0.248 e. The number of benzene rings is 3. The van der Waals surface area contributed by atoms with Gasteiger partial charge >= 0.3 is 0 Å². The van der Waals surface area contributed by atoms with Gasteiger partial charge < -0.3 is 10.1 Å². The summed E-state index contributed by atoms with van der Waals surface area (Å²) in [6.45, 7) is 4.18. The minimum Gasteiger partial charge on any atom is -0.494 e. The highest BCUT2D eigenvalue weighted by molar-refractivity contribution is 7.92. The number of hydrogen-bond acceptors (Lipinski definition) is 4. The summed E-state index contributed by atoms with van der Waals surface area (Å²) in [6.07, 6.45) is 1.42. The van der Waals surface area contributed by atoms with E-state index >= 15 is 0 Å². The zero-order chi connectivity index (χ0) is 21.7. The smallest absolute Gasteiger partial charge is 0.248 e. The van der Waals surface area contributed by atoms with Gasteiger partial charge in [0.15, 0.2) is 0 Å².